The molecule has 0 saturated heterocycles. The van der Waals surface area contributed by atoms with E-state index < -0.39 is 72.6 Å². The fourth-order valence-electron chi connectivity index (χ4n) is 3.02. The average molecular weight is 536 g/mol. The van der Waals surface area contributed by atoms with Crippen LogP contribution in [0.4, 0.5) is 0 Å². The second kappa shape index (κ2) is 18.4. The highest BCUT2D eigenvalue weighted by Gasteiger charge is 2.30. The van der Waals surface area contributed by atoms with Crippen LogP contribution in [0.1, 0.15) is 51.4 Å². The molecule has 0 aromatic rings. The van der Waals surface area contributed by atoms with Gasteiger partial charge in [0.1, 0.15) is 18.1 Å². The number of carboxylic acids is 3. The van der Waals surface area contributed by atoms with Gasteiger partial charge in [0.2, 0.25) is 17.7 Å². The summed E-state index contributed by atoms with van der Waals surface area (Å²) in [6, 6.07) is -4.96. The number of amides is 3. The maximum Gasteiger partial charge on any atom is 0.326 e. The molecule has 0 aliphatic rings. The summed E-state index contributed by atoms with van der Waals surface area (Å²) in [6.07, 6.45) is 1.56. The summed E-state index contributed by atoms with van der Waals surface area (Å²) in [4.78, 5) is 71.4. The summed E-state index contributed by atoms with van der Waals surface area (Å²) >= 11 is 1.47. The van der Waals surface area contributed by atoms with Crippen LogP contribution in [0.15, 0.2) is 0 Å². The van der Waals surface area contributed by atoms with Crippen LogP contribution in [-0.4, -0.2) is 93.7 Å². The Bertz CT molecular complexity index is 768. The molecule has 0 bridgehead atoms. The molecule has 0 aliphatic heterocycles. The number of carbonyl (C=O) groups is 6. The number of hydrogen-bond donors (Lipinski definition) is 8. The fourth-order valence-corrected chi connectivity index (χ4v) is 3.51. The number of aliphatic carboxylic acids is 3. The van der Waals surface area contributed by atoms with Crippen molar-refractivity contribution in [1.29, 1.82) is 0 Å². The first-order valence-electron chi connectivity index (χ1n) is 11.4. The van der Waals surface area contributed by atoms with E-state index in [1.165, 1.54) is 11.8 Å². The lowest BCUT2D eigenvalue weighted by molar-refractivity contribution is -0.143. The van der Waals surface area contributed by atoms with Crippen LogP contribution in [-0.2, 0) is 28.8 Å². The Balaban J connectivity index is 5.55. The first kappa shape index (κ1) is 33.1. The molecular weight excluding hydrogens is 498 g/mol. The summed E-state index contributed by atoms with van der Waals surface area (Å²) in [5.74, 6) is -5.65. The summed E-state index contributed by atoms with van der Waals surface area (Å²) in [5.41, 5.74) is 11.3. The molecular formula is C21H37N5O9S. The third-order valence-corrected chi connectivity index (χ3v) is 5.73. The molecule has 206 valence electrons. The van der Waals surface area contributed by atoms with Gasteiger partial charge in [-0.3, -0.25) is 24.0 Å². The number of unbranched alkanes of at least 4 members (excludes halogenated alkanes) is 1. The Morgan fingerprint density at radius 1 is 0.722 bits per heavy atom. The highest BCUT2D eigenvalue weighted by atomic mass is 32.2. The Hall–Kier alpha value is -2.91. The lowest BCUT2D eigenvalue weighted by Crippen LogP contribution is -2.57. The summed E-state index contributed by atoms with van der Waals surface area (Å²) in [6.45, 7) is 0.309. The van der Waals surface area contributed by atoms with Gasteiger partial charge in [-0.15, -0.1) is 0 Å². The van der Waals surface area contributed by atoms with Gasteiger partial charge in [-0.25, -0.2) is 4.79 Å². The Kier molecular flexibility index (Phi) is 16.9. The van der Waals surface area contributed by atoms with Crippen molar-refractivity contribution in [3.63, 3.8) is 0 Å². The molecule has 0 saturated carbocycles. The smallest absolute Gasteiger partial charge is 0.326 e. The predicted molar refractivity (Wildman–Crippen MR) is 131 cm³/mol. The summed E-state index contributed by atoms with van der Waals surface area (Å²) in [7, 11) is 0. The minimum absolute atomic E-state index is 0.0763. The van der Waals surface area contributed by atoms with Crippen molar-refractivity contribution in [3.05, 3.63) is 0 Å². The van der Waals surface area contributed by atoms with Crippen molar-refractivity contribution < 1.29 is 44.1 Å². The van der Waals surface area contributed by atoms with Crippen molar-refractivity contribution in [1.82, 2.24) is 16.0 Å². The van der Waals surface area contributed by atoms with E-state index in [0.717, 1.165) is 0 Å². The highest BCUT2D eigenvalue weighted by molar-refractivity contribution is 7.98. The van der Waals surface area contributed by atoms with Crippen molar-refractivity contribution in [2.45, 2.75) is 75.5 Å². The summed E-state index contributed by atoms with van der Waals surface area (Å²) in [5, 5.41) is 34.2. The van der Waals surface area contributed by atoms with Crippen LogP contribution < -0.4 is 27.4 Å². The average Bonchev–Trinajstić information content (AvgIpc) is 2.81. The standard InChI is InChI=1S/C21H37N5O9S/c1-36-11-9-12(23)18(31)24-14(5-7-16(27)28)20(33)25-13(4-2-3-10-22)19(32)26-15(21(34)35)6-8-17(29)30/h12-15H,2-11,22-23H2,1H3,(H,24,31)(H,25,33)(H,26,32)(H,27,28)(H,29,30)(H,34,35). The van der Waals surface area contributed by atoms with E-state index in [4.69, 9.17) is 21.7 Å². The maximum absolute atomic E-state index is 12.9. The molecule has 10 N–H and O–H groups in total. The second-order valence-corrected chi connectivity index (χ2v) is 9.04. The number of rotatable bonds is 20. The van der Waals surface area contributed by atoms with Gasteiger partial charge in [0.15, 0.2) is 0 Å². The van der Waals surface area contributed by atoms with Gasteiger partial charge < -0.3 is 42.7 Å². The number of nitrogens with two attached hydrogens (primary N) is 2. The summed E-state index contributed by atoms with van der Waals surface area (Å²) < 4.78 is 0. The fraction of sp³-hybridized carbons (Fsp3) is 0.714. The van der Waals surface area contributed by atoms with E-state index in [-0.39, 0.29) is 19.3 Å². The van der Waals surface area contributed by atoms with E-state index in [9.17, 15) is 33.9 Å². The number of nitrogens with one attached hydrogen (secondary N) is 3. The van der Waals surface area contributed by atoms with Crippen molar-refractivity contribution in [3.8, 4) is 0 Å². The molecule has 0 fully saturated rings. The van der Waals surface area contributed by atoms with Gasteiger partial charge in [-0.1, -0.05) is 0 Å². The zero-order valence-electron chi connectivity index (χ0n) is 20.2. The third kappa shape index (κ3) is 14.5. The SMILES string of the molecule is CSCCC(N)C(=O)NC(CCC(=O)O)C(=O)NC(CCCCN)C(=O)NC(CCC(=O)O)C(=O)O. The molecule has 0 heterocycles. The van der Waals surface area contributed by atoms with E-state index >= 15 is 0 Å². The normalized spacial score (nSPS) is 14.1. The first-order valence-corrected chi connectivity index (χ1v) is 12.8. The lowest BCUT2D eigenvalue weighted by Gasteiger charge is -2.25. The van der Waals surface area contributed by atoms with Crippen molar-refractivity contribution in [2.24, 2.45) is 11.5 Å². The lowest BCUT2D eigenvalue weighted by atomic mass is 10.0. The molecule has 3 amide bonds. The molecule has 0 radical (unpaired) electrons. The Morgan fingerprint density at radius 3 is 1.67 bits per heavy atom. The molecule has 0 aliphatic carbocycles. The minimum atomic E-state index is -1.50. The van der Waals surface area contributed by atoms with Gasteiger partial charge >= 0.3 is 17.9 Å². The van der Waals surface area contributed by atoms with Crippen molar-refractivity contribution >= 4 is 47.4 Å². The number of carboxylic acid groups (broad SMARTS) is 3. The van der Waals surface area contributed by atoms with Crippen LogP contribution in [0.5, 0.6) is 0 Å². The second-order valence-electron chi connectivity index (χ2n) is 8.06. The van der Waals surface area contributed by atoms with Crippen LogP contribution >= 0.6 is 11.8 Å². The minimum Gasteiger partial charge on any atom is -0.481 e. The van der Waals surface area contributed by atoms with Gasteiger partial charge in [0.25, 0.3) is 0 Å². The van der Waals surface area contributed by atoms with E-state index in [2.05, 4.69) is 16.0 Å². The Labute approximate surface area is 213 Å². The topological polar surface area (TPSA) is 251 Å². The van der Waals surface area contributed by atoms with Gasteiger partial charge in [0, 0.05) is 12.8 Å². The molecule has 36 heavy (non-hydrogen) atoms. The molecule has 0 rings (SSSR count). The zero-order chi connectivity index (χ0) is 27.7. The van der Waals surface area contributed by atoms with E-state index in [1.807, 2.05) is 6.26 Å². The molecule has 4 unspecified atom stereocenters. The largest absolute Gasteiger partial charge is 0.481 e. The first-order chi connectivity index (χ1) is 16.9. The number of thioether (sulfide) groups is 1. The maximum atomic E-state index is 12.9. The molecule has 14 nitrogen and oxygen atoms in total. The molecule has 0 spiro atoms. The van der Waals surface area contributed by atoms with Crippen LogP contribution in [0.25, 0.3) is 0 Å². The molecule has 4 atom stereocenters. The Morgan fingerprint density at radius 2 is 1.19 bits per heavy atom. The van der Waals surface area contributed by atoms with Crippen molar-refractivity contribution in [2.75, 3.05) is 18.6 Å². The van der Waals surface area contributed by atoms with E-state index in [1.54, 1.807) is 0 Å². The zero-order valence-corrected chi connectivity index (χ0v) is 21.1. The number of hydrogen-bond acceptors (Lipinski definition) is 9. The third-order valence-electron chi connectivity index (χ3n) is 5.09. The highest BCUT2D eigenvalue weighted by Crippen LogP contribution is 2.07. The van der Waals surface area contributed by atoms with Gasteiger partial charge in [0.05, 0.1) is 6.04 Å². The monoisotopic (exact) mass is 535 g/mol. The van der Waals surface area contributed by atoms with Crippen LogP contribution in [0, 0.1) is 0 Å². The quantitative estimate of drug-likeness (QED) is 0.0826. The predicted octanol–water partition coefficient (Wildman–Crippen LogP) is -1.54. The van der Waals surface area contributed by atoms with Gasteiger partial charge in [-0.05, 0) is 57.1 Å². The van der Waals surface area contributed by atoms with E-state index in [0.29, 0.717) is 31.6 Å². The molecule has 0 aromatic heterocycles. The van der Waals surface area contributed by atoms with Crippen LogP contribution in [0.3, 0.4) is 0 Å². The molecule has 0 aromatic carbocycles. The van der Waals surface area contributed by atoms with Gasteiger partial charge in [-0.2, -0.15) is 11.8 Å². The van der Waals surface area contributed by atoms with Crippen LogP contribution in [0.2, 0.25) is 0 Å². The number of carbonyl (C=O) groups excluding carboxylic acids is 3. The molecule has 15 heteroatoms.